The summed E-state index contributed by atoms with van der Waals surface area (Å²) in [5.74, 6) is -2.06. The van der Waals surface area contributed by atoms with Gasteiger partial charge in [-0.15, -0.1) is 0 Å². The van der Waals surface area contributed by atoms with Gasteiger partial charge in [-0.2, -0.15) is 0 Å². The number of rotatable bonds is 7. The van der Waals surface area contributed by atoms with Crippen LogP contribution < -0.4 is 10.1 Å². The van der Waals surface area contributed by atoms with E-state index in [1.54, 1.807) is 38.3 Å². The van der Waals surface area contributed by atoms with E-state index in [4.69, 9.17) is 4.74 Å². The summed E-state index contributed by atoms with van der Waals surface area (Å²) in [6, 6.07) is 14.7. The first-order chi connectivity index (χ1) is 11.9. The molecule has 132 valence electrons. The number of benzene rings is 2. The molecule has 2 rings (SSSR count). The van der Waals surface area contributed by atoms with Crippen molar-refractivity contribution in [2.75, 3.05) is 12.4 Å². The third-order valence-electron chi connectivity index (χ3n) is 4.26. The molecule has 0 spiro atoms. The van der Waals surface area contributed by atoms with Gasteiger partial charge >= 0.3 is 5.97 Å². The fourth-order valence-electron chi connectivity index (χ4n) is 2.56. The summed E-state index contributed by atoms with van der Waals surface area (Å²) in [7, 11) is 1.57. The van der Waals surface area contributed by atoms with Gasteiger partial charge in [0.15, 0.2) is 0 Å². The normalized spacial score (nSPS) is 12.9. The Balaban J connectivity index is 2.16. The highest BCUT2D eigenvalue weighted by atomic mass is 16.5. The van der Waals surface area contributed by atoms with Crippen LogP contribution in [-0.2, 0) is 16.0 Å². The summed E-state index contributed by atoms with van der Waals surface area (Å²) in [4.78, 5) is 24.1. The first kappa shape index (κ1) is 18.5. The van der Waals surface area contributed by atoms with Crippen LogP contribution in [0.4, 0.5) is 5.69 Å². The molecule has 0 aliphatic carbocycles. The van der Waals surface area contributed by atoms with E-state index in [-0.39, 0.29) is 5.91 Å². The van der Waals surface area contributed by atoms with Crippen LogP contribution in [0, 0.1) is 18.8 Å². The van der Waals surface area contributed by atoms with Gasteiger partial charge in [0, 0.05) is 5.69 Å². The monoisotopic (exact) mass is 341 g/mol. The van der Waals surface area contributed by atoms with Crippen LogP contribution in [0.2, 0.25) is 0 Å². The number of carbonyl (C=O) groups excluding carboxylic acids is 1. The number of ether oxygens (including phenoxy) is 1. The summed E-state index contributed by atoms with van der Waals surface area (Å²) in [5, 5.41) is 12.2. The number of methoxy groups -OCH3 is 1. The van der Waals surface area contributed by atoms with Crippen LogP contribution in [0.1, 0.15) is 18.1 Å². The number of aliphatic carboxylic acids is 1. The van der Waals surface area contributed by atoms with Crippen LogP contribution in [0.25, 0.3) is 0 Å². The fourth-order valence-corrected chi connectivity index (χ4v) is 2.56. The number of carbonyl (C=O) groups is 2. The molecule has 0 saturated carbocycles. The number of nitrogens with one attached hydrogen (secondary N) is 1. The third-order valence-corrected chi connectivity index (χ3v) is 4.26. The van der Waals surface area contributed by atoms with Crippen molar-refractivity contribution in [1.82, 2.24) is 0 Å². The topological polar surface area (TPSA) is 75.6 Å². The molecule has 0 radical (unpaired) electrons. The highest BCUT2D eigenvalue weighted by Gasteiger charge is 2.30. The average Bonchev–Trinajstić information content (AvgIpc) is 2.61. The molecule has 0 aromatic heterocycles. The lowest BCUT2D eigenvalue weighted by atomic mass is 9.87. The molecule has 5 heteroatoms. The number of amides is 1. The van der Waals surface area contributed by atoms with Crippen molar-refractivity contribution in [3.05, 3.63) is 59.7 Å². The number of hydrogen-bond acceptors (Lipinski definition) is 3. The fraction of sp³-hybridized carbons (Fsp3) is 0.300. The predicted molar refractivity (Wildman–Crippen MR) is 96.8 cm³/mol. The van der Waals surface area contributed by atoms with E-state index in [1.807, 2.05) is 31.2 Å². The molecule has 2 aromatic rings. The second kappa shape index (κ2) is 8.33. The Kier molecular flexibility index (Phi) is 6.17. The summed E-state index contributed by atoms with van der Waals surface area (Å²) >= 11 is 0. The minimum absolute atomic E-state index is 0.305. The zero-order valence-corrected chi connectivity index (χ0v) is 14.7. The van der Waals surface area contributed by atoms with Gasteiger partial charge < -0.3 is 15.2 Å². The highest BCUT2D eigenvalue weighted by molar-refractivity contribution is 5.95. The summed E-state index contributed by atoms with van der Waals surface area (Å²) in [5.41, 5.74) is 2.67. The Hall–Kier alpha value is -2.82. The molecule has 5 nitrogen and oxygen atoms in total. The zero-order chi connectivity index (χ0) is 18.4. The van der Waals surface area contributed by atoms with Crippen LogP contribution in [0.15, 0.2) is 48.5 Å². The maximum atomic E-state index is 12.7. The van der Waals surface area contributed by atoms with Crippen LogP contribution in [0.3, 0.4) is 0 Å². The number of carboxylic acid groups (broad SMARTS) is 1. The Morgan fingerprint density at radius 3 is 2.20 bits per heavy atom. The SMILES string of the molecule is COc1ccc(NC(=O)C(Cc2ccc(C)cc2)C(C)C(=O)O)cc1. The molecule has 2 aromatic carbocycles. The Morgan fingerprint density at radius 2 is 1.68 bits per heavy atom. The molecule has 25 heavy (non-hydrogen) atoms. The van der Waals surface area contributed by atoms with Crippen molar-refractivity contribution in [3.63, 3.8) is 0 Å². The largest absolute Gasteiger partial charge is 0.497 e. The maximum Gasteiger partial charge on any atom is 0.307 e. The van der Waals surface area contributed by atoms with Crippen LogP contribution in [0.5, 0.6) is 5.75 Å². The van der Waals surface area contributed by atoms with Gasteiger partial charge in [-0.25, -0.2) is 0 Å². The number of anilines is 1. The van der Waals surface area contributed by atoms with Crippen LogP contribution >= 0.6 is 0 Å². The second-order valence-electron chi connectivity index (χ2n) is 6.14. The summed E-state index contributed by atoms with van der Waals surface area (Å²) in [6.45, 7) is 3.55. The quantitative estimate of drug-likeness (QED) is 0.808. The van der Waals surface area contributed by atoms with E-state index in [1.165, 1.54) is 0 Å². The molecule has 0 fully saturated rings. The first-order valence-electron chi connectivity index (χ1n) is 8.14. The Morgan fingerprint density at radius 1 is 1.08 bits per heavy atom. The van der Waals surface area contributed by atoms with Gasteiger partial charge in [-0.3, -0.25) is 9.59 Å². The van der Waals surface area contributed by atoms with Gasteiger partial charge in [0.1, 0.15) is 5.75 Å². The molecular formula is C20H23NO4. The predicted octanol–water partition coefficient (Wildman–Crippen LogP) is 3.52. The molecule has 2 unspecified atom stereocenters. The van der Waals surface area contributed by atoms with Gasteiger partial charge in [0.05, 0.1) is 18.9 Å². The van der Waals surface area contributed by atoms with E-state index >= 15 is 0 Å². The molecule has 0 saturated heterocycles. The standard InChI is InChI=1S/C20H23NO4/c1-13-4-6-15(7-5-13)12-18(14(2)20(23)24)19(22)21-16-8-10-17(25-3)11-9-16/h4-11,14,18H,12H2,1-3H3,(H,21,22)(H,23,24). The second-order valence-corrected chi connectivity index (χ2v) is 6.14. The molecule has 2 atom stereocenters. The molecule has 0 heterocycles. The van der Waals surface area contributed by atoms with Crippen LogP contribution in [-0.4, -0.2) is 24.1 Å². The highest BCUT2D eigenvalue weighted by Crippen LogP contribution is 2.22. The van der Waals surface area contributed by atoms with Crippen molar-refractivity contribution < 1.29 is 19.4 Å². The molecular weight excluding hydrogens is 318 g/mol. The minimum atomic E-state index is -0.984. The number of carboxylic acids is 1. The summed E-state index contributed by atoms with van der Waals surface area (Å²) in [6.07, 6.45) is 0.371. The van der Waals surface area contributed by atoms with E-state index < -0.39 is 17.8 Å². The molecule has 0 bridgehead atoms. The Labute approximate surface area is 147 Å². The molecule has 0 aliphatic heterocycles. The van der Waals surface area contributed by atoms with E-state index in [0.29, 0.717) is 17.9 Å². The molecule has 0 aliphatic rings. The van der Waals surface area contributed by atoms with Crippen molar-refractivity contribution >= 4 is 17.6 Å². The average molecular weight is 341 g/mol. The molecule has 2 N–H and O–H groups in total. The zero-order valence-electron chi connectivity index (χ0n) is 14.7. The number of hydrogen-bond donors (Lipinski definition) is 2. The Bertz CT molecular complexity index is 722. The smallest absolute Gasteiger partial charge is 0.307 e. The van der Waals surface area contributed by atoms with E-state index in [2.05, 4.69) is 5.32 Å². The number of aryl methyl sites for hydroxylation is 1. The van der Waals surface area contributed by atoms with Gasteiger partial charge in [-0.05, 0) is 43.2 Å². The third kappa shape index (κ3) is 5.08. The van der Waals surface area contributed by atoms with Gasteiger partial charge in [0.25, 0.3) is 0 Å². The minimum Gasteiger partial charge on any atom is -0.497 e. The van der Waals surface area contributed by atoms with Gasteiger partial charge in [-0.1, -0.05) is 36.8 Å². The van der Waals surface area contributed by atoms with Crippen molar-refractivity contribution in [3.8, 4) is 5.75 Å². The maximum absolute atomic E-state index is 12.7. The van der Waals surface area contributed by atoms with E-state index in [9.17, 15) is 14.7 Å². The lowest BCUT2D eigenvalue weighted by Gasteiger charge is -2.21. The van der Waals surface area contributed by atoms with Crippen molar-refractivity contribution in [2.24, 2.45) is 11.8 Å². The summed E-state index contributed by atoms with van der Waals surface area (Å²) < 4.78 is 5.09. The van der Waals surface area contributed by atoms with Crippen molar-refractivity contribution in [1.29, 1.82) is 0 Å². The molecule has 1 amide bonds. The first-order valence-corrected chi connectivity index (χ1v) is 8.14. The van der Waals surface area contributed by atoms with Crippen molar-refractivity contribution in [2.45, 2.75) is 20.3 Å². The van der Waals surface area contributed by atoms with Gasteiger partial charge in [0.2, 0.25) is 5.91 Å². The lowest BCUT2D eigenvalue weighted by Crippen LogP contribution is -2.33. The lowest BCUT2D eigenvalue weighted by molar-refractivity contribution is -0.145. The van der Waals surface area contributed by atoms with E-state index in [0.717, 1.165) is 11.1 Å².